The lowest BCUT2D eigenvalue weighted by atomic mass is 10.2. The second-order valence-corrected chi connectivity index (χ2v) is 4.05. The normalized spacial score (nSPS) is 10.4. The topological polar surface area (TPSA) is 67.7 Å². The van der Waals surface area contributed by atoms with E-state index in [-0.39, 0.29) is 0 Å². The molecule has 96 valence electrons. The minimum Gasteiger partial charge on any atom is -0.370 e. The molecule has 2 aromatic rings. The highest BCUT2D eigenvalue weighted by atomic mass is 15.3. The van der Waals surface area contributed by atoms with Crippen LogP contribution in [0.4, 0.5) is 11.6 Å². The second kappa shape index (κ2) is 5.48. The van der Waals surface area contributed by atoms with Crippen LogP contribution < -0.4 is 10.6 Å². The number of anilines is 2. The summed E-state index contributed by atoms with van der Waals surface area (Å²) in [6.45, 7) is 5.64. The summed E-state index contributed by atoms with van der Waals surface area (Å²) < 4.78 is 1.86. The zero-order chi connectivity index (χ0) is 13.0. The lowest BCUT2D eigenvalue weighted by Crippen LogP contribution is -2.05. The number of nitrogens with zero attached hydrogens (tertiary/aromatic N) is 4. The van der Waals surface area contributed by atoms with Gasteiger partial charge in [0.05, 0.1) is 6.20 Å². The first-order chi connectivity index (χ1) is 8.70. The summed E-state index contributed by atoms with van der Waals surface area (Å²) in [6.07, 6.45) is 3.42. The third kappa shape index (κ3) is 2.77. The lowest BCUT2D eigenvalue weighted by molar-refractivity contribution is 0.738. The molecule has 0 saturated carbocycles. The molecule has 0 aliphatic heterocycles. The number of hydrogen-bond acceptors (Lipinski definition) is 5. The van der Waals surface area contributed by atoms with Gasteiger partial charge >= 0.3 is 0 Å². The van der Waals surface area contributed by atoms with Crippen molar-refractivity contribution in [1.29, 1.82) is 0 Å². The Labute approximate surface area is 106 Å². The van der Waals surface area contributed by atoms with E-state index in [1.54, 1.807) is 6.33 Å². The minimum absolute atomic E-state index is 0.711. The van der Waals surface area contributed by atoms with E-state index in [1.165, 1.54) is 5.56 Å². The average molecular weight is 246 g/mol. The first-order valence-corrected chi connectivity index (χ1v) is 5.98. The number of rotatable bonds is 5. The molecular formula is C12H18N6. The highest BCUT2D eigenvalue weighted by molar-refractivity contribution is 5.46. The van der Waals surface area contributed by atoms with E-state index in [0.717, 1.165) is 23.9 Å². The van der Waals surface area contributed by atoms with E-state index in [9.17, 15) is 0 Å². The molecule has 18 heavy (non-hydrogen) atoms. The second-order valence-electron chi connectivity index (χ2n) is 4.05. The molecule has 2 aromatic heterocycles. The van der Waals surface area contributed by atoms with Crippen LogP contribution in [0, 0.1) is 6.92 Å². The number of nitrogens with one attached hydrogen (secondary N) is 2. The number of aryl methyl sites for hydroxylation is 1. The Morgan fingerprint density at radius 2 is 1.94 bits per heavy atom. The monoisotopic (exact) mass is 246 g/mol. The van der Waals surface area contributed by atoms with Gasteiger partial charge in [-0.3, -0.25) is 4.68 Å². The molecule has 6 nitrogen and oxygen atoms in total. The highest BCUT2D eigenvalue weighted by Crippen LogP contribution is 2.11. The van der Waals surface area contributed by atoms with Crippen LogP contribution in [0.1, 0.15) is 18.2 Å². The van der Waals surface area contributed by atoms with Crippen molar-refractivity contribution in [2.75, 3.05) is 17.2 Å². The van der Waals surface area contributed by atoms with Gasteiger partial charge in [0.1, 0.15) is 18.0 Å². The van der Waals surface area contributed by atoms with Gasteiger partial charge in [-0.2, -0.15) is 5.10 Å². The average Bonchev–Trinajstić information content (AvgIpc) is 2.69. The van der Waals surface area contributed by atoms with Crippen LogP contribution in [0.2, 0.25) is 0 Å². The molecule has 2 rings (SSSR count). The minimum atomic E-state index is 0.711. The first kappa shape index (κ1) is 12.3. The molecule has 0 unspecified atom stereocenters. The molecule has 0 radical (unpaired) electrons. The summed E-state index contributed by atoms with van der Waals surface area (Å²) in [4.78, 5) is 8.31. The zero-order valence-corrected chi connectivity index (χ0v) is 10.9. The molecular weight excluding hydrogens is 228 g/mol. The van der Waals surface area contributed by atoms with Crippen LogP contribution in [0.15, 0.2) is 18.6 Å². The van der Waals surface area contributed by atoms with Crippen LogP contribution in [0.5, 0.6) is 0 Å². The van der Waals surface area contributed by atoms with Crippen molar-refractivity contribution in [2.24, 2.45) is 7.05 Å². The Kier molecular flexibility index (Phi) is 3.76. The fourth-order valence-corrected chi connectivity index (χ4v) is 1.64. The van der Waals surface area contributed by atoms with Crippen LogP contribution in [-0.4, -0.2) is 26.3 Å². The van der Waals surface area contributed by atoms with E-state index in [4.69, 9.17) is 0 Å². The van der Waals surface area contributed by atoms with Gasteiger partial charge < -0.3 is 10.6 Å². The van der Waals surface area contributed by atoms with E-state index >= 15 is 0 Å². The maximum absolute atomic E-state index is 4.21. The van der Waals surface area contributed by atoms with Crippen molar-refractivity contribution in [3.05, 3.63) is 29.8 Å². The summed E-state index contributed by atoms with van der Waals surface area (Å²) in [5.74, 6) is 1.64. The molecule has 0 fully saturated rings. The van der Waals surface area contributed by atoms with Crippen molar-refractivity contribution < 1.29 is 0 Å². The molecule has 2 heterocycles. The molecule has 0 saturated heterocycles. The standard InChI is InChI=1S/C12H18N6/c1-4-13-11-5-12(16-8-15-11)14-6-10-7-17-18(3)9(10)2/h5,7-8H,4,6H2,1-3H3,(H2,13,14,15,16). The van der Waals surface area contributed by atoms with Crippen LogP contribution in [0.3, 0.4) is 0 Å². The Bertz CT molecular complexity index is 519. The first-order valence-electron chi connectivity index (χ1n) is 5.98. The van der Waals surface area contributed by atoms with Gasteiger partial charge in [0.2, 0.25) is 0 Å². The van der Waals surface area contributed by atoms with Gasteiger partial charge in [-0.25, -0.2) is 9.97 Å². The maximum atomic E-state index is 4.21. The summed E-state index contributed by atoms with van der Waals surface area (Å²) in [5.41, 5.74) is 2.32. The Morgan fingerprint density at radius 1 is 1.22 bits per heavy atom. The molecule has 0 aliphatic carbocycles. The Morgan fingerprint density at radius 3 is 2.56 bits per heavy atom. The highest BCUT2D eigenvalue weighted by Gasteiger charge is 2.04. The molecule has 0 aromatic carbocycles. The molecule has 2 N–H and O–H groups in total. The van der Waals surface area contributed by atoms with Gasteiger partial charge in [-0.15, -0.1) is 0 Å². The summed E-state index contributed by atoms with van der Waals surface area (Å²) >= 11 is 0. The number of aromatic nitrogens is 4. The van der Waals surface area contributed by atoms with Gasteiger partial charge in [-0.05, 0) is 13.8 Å². The van der Waals surface area contributed by atoms with Crippen LogP contribution in [-0.2, 0) is 13.6 Å². The van der Waals surface area contributed by atoms with E-state index in [2.05, 4.69) is 25.7 Å². The summed E-state index contributed by atoms with van der Waals surface area (Å²) in [5, 5.41) is 10.6. The molecule has 0 atom stereocenters. The fourth-order valence-electron chi connectivity index (χ4n) is 1.64. The van der Waals surface area contributed by atoms with Crippen LogP contribution in [0.25, 0.3) is 0 Å². The Hall–Kier alpha value is -2.11. The van der Waals surface area contributed by atoms with Crippen molar-refractivity contribution in [3.8, 4) is 0 Å². The zero-order valence-electron chi connectivity index (χ0n) is 10.9. The molecule has 6 heteroatoms. The largest absolute Gasteiger partial charge is 0.370 e. The predicted molar refractivity (Wildman–Crippen MR) is 71.5 cm³/mol. The molecule has 0 amide bonds. The SMILES string of the molecule is CCNc1cc(NCc2cnn(C)c2C)ncn1. The smallest absolute Gasteiger partial charge is 0.131 e. The van der Waals surface area contributed by atoms with Gasteiger partial charge in [-0.1, -0.05) is 0 Å². The summed E-state index contributed by atoms with van der Waals surface area (Å²) in [7, 11) is 1.94. The van der Waals surface area contributed by atoms with Crippen molar-refractivity contribution in [3.63, 3.8) is 0 Å². The third-order valence-corrected chi connectivity index (χ3v) is 2.82. The maximum Gasteiger partial charge on any atom is 0.131 e. The Balaban J connectivity index is 2.01. The van der Waals surface area contributed by atoms with Crippen LogP contribution >= 0.6 is 0 Å². The predicted octanol–water partition coefficient (Wildman–Crippen LogP) is 1.56. The van der Waals surface area contributed by atoms with Gasteiger partial charge in [0.25, 0.3) is 0 Å². The summed E-state index contributed by atoms with van der Waals surface area (Å²) in [6, 6.07) is 1.90. The van der Waals surface area contributed by atoms with Crippen molar-refractivity contribution in [2.45, 2.75) is 20.4 Å². The van der Waals surface area contributed by atoms with Crippen molar-refractivity contribution >= 4 is 11.6 Å². The van der Waals surface area contributed by atoms with Crippen molar-refractivity contribution in [1.82, 2.24) is 19.7 Å². The lowest BCUT2D eigenvalue weighted by Gasteiger charge is -2.07. The fraction of sp³-hybridized carbons (Fsp3) is 0.417. The molecule has 0 aliphatic rings. The quantitative estimate of drug-likeness (QED) is 0.838. The van der Waals surface area contributed by atoms with Gasteiger partial charge in [0, 0.05) is 37.5 Å². The van der Waals surface area contributed by atoms with E-state index < -0.39 is 0 Å². The molecule has 0 spiro atoms. The van der Waals surface area contributed by atoms with Gasteiger partial charge in [0.15, 0.2) is 0 Å². The van der Waals surface area contributed by atoms with E-state index in [0.29, 0.717) is 6.54 Å². The third-order valence-electron chi connectivity index (χ3n) is 2.82. The molecule has 0 bridgehead atoms. The number of hydrogen-bond donors (Lipinski definition) is 2. The van der Waals surface area contributed by atoms with E-state index in [1.807, 2.05) is 37.8 Å².